The monoisotopic (exact) mass is 584 g/mol. The number of benzene rings is 2. The number of halogens is 2. The van der Waals surface area contributed by atoms with Gasteiger partial charge in [-0.3, -0.25) is 9.59 Å². The predicted octanol–water partition coefficient (Wildman–Crippen LogP) is 3.33. The van der Waals surface area contributed by atoms with Gasteiger partial charge in [0.25, 0.3) is 11.8 Å². The van der Waals surface area contributed by atoms with E-state index in [9.17, 15) is 19.8 Å². The third kappa shape index (κ3) is 7.34. The molecule has 0 fully saturated rings. The molecular weight excluding hydrogens is 555 g/mol. The Morgan fingerprint density at radius 1 is 0.775 bits per heavy atom. The second-order valence-corrected chi connectivity index (χ2v) is 10.5. The van der Waals surface area contributed by atoms with Gasteiger partial charge in [-0.2, -0.15) is 0 Å². The zero-order valence-corrected chi connectivity index (χ0v) is 23.5. The summed E-state index contributed by atoms with van der Waals surface area (Å²) in [6.07, 6.45) is 7.39. The quantitative estimate of drug-likeness (QED) is 0.299. The predicted molar refractivity (Wildman–Crippen MR) is 157 cm³/mol. The SMILES string of the molecule is Cc1ccc(NC(=O)CN2C=C[N+]=C2C(Cl)CCC(Cl)C2=[N+]C=CN2CC(=O)Nc2ccc(C)c(O)c2)cc1O. The minimum absolute atomic E-state index is 0.00420. The van der Waals surface area contributed by atoms with Crippen LogP contribution < -0.4 is 20.6 Å². The summed E-state index contributed by atoms with van der Waals surface area (Å²) < 4.78 is 0. The van der Waals surface area contributed by atoms with E-state index in [4.69, 9.17) is 23.2 Å². The summed E-state index contributed by atoms with van der Waals surface area (Å²) in [4.78, 5) is 37.2. The molecule has 0 saturated carbocycles. The Hall–Kier alpha value is -4.02. The van der Waals surface area contributed by atoms with Gasteiger partial charge in [0.15, 0.2) is 25.5 Å². The number of hydrogen-bond acceptors (Lipinski definition) is 8. The van der Waals surface area contributed by atoms with Crippen LogP contribution in [0.1, 0.15) is 24.0 Å². The molecule has 0 spiro atoms. The fourth-order valence-electron chi connectivity index (χ4n) is 4.11. The first-order valence-corrected chi connectivity index (χ1v) is 13.5. The largest absolute Gasteiger partial charge is 0.508 e. The molecule has 0 aromatic heterocycles. The van der Waals surface area contributed by atoms with E-state index in [2.05, 4.69) is 20.6 Å². The van der Waals surface area contributed by atoms with Crippen molar-refractivity contribution in [3.8, 4) is 11.5 Å². The van der Waals surface area contributed by atoms with Crippen molar-refractivity contribution in [3.05, 3.63) is 72.3 Å². The van der Waals surface area contributed by atoms with Gasteiger partial charge in [0.1, 0.15) is 34.7 Å². The molecule has 2 aromatic carbocycles. The van der Waals surface area contributed by atoms with E-state index in [0.29, 0.717) is 47.0 Å². The van der Waals surface area contributed by atoms with Crippen LogP contribution >= 0.6 is 23.2 Å². The Balaban J connectivity index is 1.25. The lowest BCUT2D eigenvalue weighted by atomic mass is 10.1. The van der Waals surface area contributed by atoms with Gasteiger partial charge in [0, 0.05) is 23.5 Å². The van der Waals surface area contributed by atoms with Crippen LogP contribution in [0, 0.1) is 13.8 Å². The third-order valence-corrected chi connectivity index (χ3v) is 7.17. The van der Waals surface area contributed by atoms with Crippen molar-refractivity contribution >= 4 is 58.1 Å². The second-order valence-electron chi connectivity index (χ2n) is 9.44. The van der Waals surface area contributed by atoms with Crippen LogP contribution in [0.2, 0.25) is 0 Å². The van der Waals surface area contributed by atoms with Crippen molar-refractivity contribution in [2.75, 3.05) is 23.7 Å². The number of aliphatic imine (C=N–C) groups is 2. The number of aryl methyl sites for hydroxylation is 2. The van der Waals surface area contributed by atoms with Gasteiger partial charge in [-0.15, -0.1) is 23.2 Å². The molecule has 10 nitrogen and oxygen atoms in total. The number of amidine groups is 2. The lowest BCUT2D eigenvalue weighted by Crippen LogP contribution is -2.40. The van der Waals surface area contributed by atoms with Crippen LogP contribution in [0.5, 0.6) is 11.5 Å². The minimum Gasteiger partial charge on any atom is -0.508 e. The smallest absolute Gasteiger partial charge is 0.317 e. The molecule has 208 valence electrons. The molecule has 4 rings (SSSR count). The highest BCUT2D eigenvalue weighted by molar-refractivity contribution is 6.33. The Bertz CT molecular complexity index is 1300. The topological polar surface area (TPSA) is 133 Å². The number of phenols is 2. The fourth-order valence-corrected chi connectivity index (χ4v) is 4.72. The highest BCUT2D eigenvalue weighted by Crippen LogP contribution is 2.23. The van der Waals surface area contributed by atoms with Crippen molar-refractivity contribution in [2.45, 2.75) is 37.4 Å². The number of phenolic OH excluding ortho intramolecular Hbond substituents is 2. The maximum absolute atomic E-state index is 12.6. The van der Waals surface area contributed by atoms with E-state index in [0.717, 1.165) is 0 Å². The third-order valence-electron chi connectivity index (χ3n) is 6.34. The zero-order valence-electron chi connectivity index (χ0n) is 22.0. The van der Waals surface area contributed by atoms with E-state index in [1.807, 2.05) is 0 Å². The molecule has 2 aliphatic heterocycles. The normalized spacial score (nSPS) is 15.6. The molecule has 0 aliphatic carbocycles. The average molecular weight is 585 g/mol. The van der Waals surface area contributed by atoms with Gasteiger partial charge in [-0.1, -0.05) is 12.1 Å². The van der Waals surface area contributed by atoms with Gasteiger partial charge in [-0.25, -0.2) is 9.80 Å². The molecular formula is C28H30Cl2N6O4+2. The molecule has 2 radical (unpaired) electrons. The van der Waals surface area contributed by atoms with Crippen molar-refractivity contribution in [2.24, 2.45) is 0 Å². The number of aromatic hydroxyl groups is 2. The number of nitrogens with zero attached hydrogens (tertiary/aromatic N) is 4. The van der Waals surface area contributed by atoms with Crippen molar-refractivity contribution < 1.29 is 19.8 Å². The van der Waals surface area contributed by atoms with Crippen LogP contribution in [-0.2, 0) is 9.59 Å². The summed E-state index contributed by atoms with van der Waals surface area (Å²) in [5.41, 5.74) is 2.41. The molecule has 2 aromatic rings. The molecule has 2 aliphatic rings. The Morgan fingerprint density at radius 3 is 1.55 bits per heavy atom. The summed E-state index contributed by atoms with van der Waals surface area (Å²) in [6.45, 7) is 3.54. The van der Waals surface area contributed by atoms with Crippen molar-refractivity contribution in [3.63, 3.8) is 0 Å². The summed E-state index contributed by atoms with van der Waals surface area (Å²) in [7, 11) is 0. The van der Waals surface area contributed by atoms with E-state index in [-0.39, 0.29) is 36.4 Å². The number of carbonyl (C=O) groups is 2. The maximum Gasteiger partial charge on any atom is 0.317 e. The Kier molecular flexibility index (Phi) is 9.34. The second kappa shape index (κ2) is 12.9. The van der Waals surface area contributed by atoms with E-state index < -0.39 is 10.8 Å². The number of alkyl halides is 2. The Morgan fingerprint density at radius 2 is 1.18 bits per heavy atom. The number of anilines is 2. The highest BCUT2D eigenvalue weighted by atomic mass is 35.5. The fraction of sp³-hybridized carbons (Fsp3) is 0.286. The first-order chi connectivity index (χ1) is 19.1. The number of nitrogens with one attached hydrogen (secondary N) is 2. The number of carbonyl (C=O) groups excluding carboxylic acids is 2. The summed E-state index contributed by atoms with van der Waals surface area (Å²) >= 11 is 13.3. The van der Waals surface area contributed by atoms with Gasteiger partial charge in [0.2, 0.25) is 0 Å². The van der Waals surface area contributed by atoms with Crippen LogP contribution in [0.4, 0.5) is 11.4 Å². The van der Waals surface area contributed by atoms with E-state index in [1.54, 1.807) is 72.7 Å². The van der Waals surface area contributed by atoms with Crippen LogP contribution in [0.3, 0.4) is 0 Å². The first-order valence-electron chi connectivity index (χ1n) is 12.6. The number of hydrogen-bond donors (Lipinski definition) is 4. The lowest BCUT2D eigenvalue weighted by molar-refractivity contribution is -0.117. The average Bonchev–Trinajstić information content (AvgIpc) is 3.56. The molecule has 12 heteroatoms. The standard InChI is InChI=1S/C28H30Cl2N6O4/c1-17-3-5-19(13-23(17)37)33-25(39)15-35-11-9-31-27(35)21(29)7-8-22(30)28-32-10-12-36(28)16-26(40)34-20-6-4-18(2)24(38)14-20/h3-6,9-14,21-22,37-38H,7-8,15-16H2,1-2H3,(H,33,39)(H,34,40)/q+2. The highest BCUT2D eigenvalue weighted by Gasteiger charge is 2.36. The van der Waals surface area contributed by atoms with Gasteiger partial charge in [0.05, 0.1) is 0 Å². The van der Waals surface area contributed by atoms with Crippen molar-refractivity contribution in [1.29, 1.82) is 0 Å². The van der Waals surface area contributed by atoms with Crippen LogP contribution in [0.15, 0.2) is 61.2 Å². The number of rotatable bonds is 11. The van der Waals surface area contributed by atoms with E-state index >= 15 is 0 Å². The van der Waals surface area contributed by atoms with Gasteiger partial charge < -0.3 is 20.8 Å². The molecule has 2 atom stereocenters. The Labute approximate surface area is 242 Å². The molecule has 4 N–H and O–H groups in total. The van der Waals surface area contributed by atoms with Crippen LogP contribution in [-0.4, -0.2) is 67.3 Å². The molecule has 2 heterocycles. The van der Waals surface area contributed by atoms with Gasteiger partial charge >= 0.3 is 11.7 Å². The van der Waals surface area contributed by atoms with E-state index in [1.165, 1.54) is 12.1 Å². The summed E-state index contributed by atoms with van der Waals surface area (Å²) in [5.74, 6) is 0.675. The molecule has 2 amide bonds. The molecule has 40 heavy (non-hydrogen) atoms. The summed E-state index contributed by atoms with van der Waals surface area (Å²) in [5, 5.41) is 24.2. The lowest BCUT2D eigenvalue weighted by Gasteiger charge is -2.16. The summed E-state index contributed by atoms with van der Waals surface area (Å²) in [6, 6.07) is 9.86. The minimum atomic E-state index is -0.520. The number of amides is 2. The van der Waals surface area contributed by atoms with Crippen LogP contribution in [0.25, 0.3) is 0 Å². The van der Waals surface area contributed by atoms with Gasteiger partial charge in [-0.05, 0) is 59.9 Å². The molecule has 0 saturated heterocycles. The molecule has 2 unspecified atom stereocenters. The van der Waals surface area contributed by atoms with Crippen molar-refractivity contribution in [1.82, 2.24) is 19.8 Å². The zero-order chi connectivity index (χ0) is 28.8. The maximum atomic E-state index is 12.6. The first kappa shape index (κ1) is 29.0. The molecule has 0 bridgehead atoms.